The molecule has 5 rings (SSSR count). The molecule has 1 aliphatic carbocycles. The van der Waals surface area contributed by atoms with Crippen LogP contribution in [0.5, 0.6) is 5.75 Å². The van der Waals surface area contributed by atoms with E-state index in [1.807, 2.05) is 6.07 Å². The molecule has 0 aromatic heterocycles. The van der Waals surface area contributed by atoms with E-state index < -0.39 is 16.9 Å². The van der Waals surface area contributed by atoms with Crippen molar-refractivity contribution in [2.75, 3.05) is 7.11 Å². The molecule has 2 aromatic rings. The number of hydrogen-bond acceptors (Lipinski definition) is 7. The van der Waals surface area contributed by atoms with Crippen molar-refractivity contribution >= 4 is 29.3 Å². The lowest BCUT2D eigenvalue weighted by molar-refractivity contribution is -0.385. The molecular weight excluding hydrogens is 528 g/mol. The third kappa shape index (κ3) is 5.77. The van der Waals surface area contributed by atoms with Crippen LogP contribution in [0.1, 0.15) is 76.8 Å². The maximum Gasteiger partial charge on any atom is 0.310 e. The van der Waals surface area contributed by atoms with Gasteiger partial charge < -0.3 is 15.0 Å². The first kappa shape index (κ1) is 27.8. The zero-order chi connectivity index (χ0) is 29.1. The Kier molecular flexibility index (Phi) is 8.01. The zero-order valence-electron chi connectivity index (χ0n) is 22.6. The monoisotopic (exact) mass is 558 g/mol. The maximum atomic E-state index is 13.1. The first-order valence-electron chi connectivity index (χ1n) is 13.7. The summed E-state index contributed by atoms with van der Waals surface area (Å²) in [5, 5.41) is 16.6. The molecule has 4 amide bonds. The van der Waals surface area contributed by atoms with Gasteiger partial charge in [0.2, 0.25) is 11.8 Å². The number of nitrogens with zero attached hydrogens (tertiary/aromatic N) is 2. The maximum absolute atomic E-state index is 13.1. The smallest absolute Gasteiger partial charge is 0.310 e. The van der Waals surface area contributed by atoms with E-state index in [2.05, 4.69) is 22.5 Å². The molecule has 212 valence electrons. The average Bonchev–Trinajstić information content (AvgIpc) is 3.30. The van der Waals surface area contributed by atoms with Gasteiger partial charge in [0.1, 0.15) is 6.04 Å². The minimum Gasteiger partial charge on any atom is -0.490 e. The lowest BCUT2D eigenvalue weighted by Crippen LogP contribution is -2.52. The van der Waals surface area contributed by atoms with E-state index in [0.717, 1.165) is 36.8 Å². The number of hydrogen-bond donors (Lipinski definition) is 2. The van der Waals surface area contributed by atoms with Gasteiger partial charge in [0, 0.05) is 54.3 Å². The van der Waals surface area contributed by atoms with Crippen molar-refractivity contribution in [3.8, 4) is 17.6 Å². The van der Waals surface area contributed by atoms with E-state index in [4.69, 9.17) is 4.74 Å². The summed E-state index contributed by atoms with van der Waals surface area (Å²) in [6.07, 6.45) is 4.75. The number of rotatable bonds is 6. The highest BCUT2D eigenvalue weighted by atomic mass is 16.6. The number of nitro groups is 1. The lowest BCUT2D eigenvalue weighted by atomic mass is 9.82. The van der Waals surface area contributed by atoms with Crippen molar-refractivity contribution in [2.24, 2.45) is 5.92 Å². The second-order valence-corrected chi connectivity index (χ2v) is 10.5. The predicted molar refractivity (Wildman–Crippen MR) is 147 cm³/mol. The van der Waals surface area contributed by atoms with Gasteiger partial charge in [-0.05, 0) is 48.9 Å². The summed E-state index contributed by atoms with van der Waals surface area (Å²) in [5.74, 6) is 5.28. The molecule has 2 fully saturated rings. The van der Waals surface area contributed by atoms with E-state index in [-0.39, 0.29) is 59.6 Å². The minimum atomic E-state index is -0.685. The highest BCUT2D eigenvalue weighted by molar-refractivity contribution is 6.05. The van der Waals surface area contributed by atoms with E-state index in [1.54, 1.807) is 12.1 Å². The molecule has 11 nitrogen and oxygen atoms in total. The molecule has 11 heteroatoms. The molecule has 1 unspecified atom stereocenters. The van der Waals surface area contributed by atoms with Crippen LogP contribution < -0.4 is 15.4 Å². The normalized spacial score (nSPS) is 21.8. The molecule has 1 saturated heterocycles. The van der Waals surface area contributed by atoms with Gasteiger partial charge >= 0.3 is 5.69 Å². The fourth-order valence-electron chi connectivity index (χ4n) is 5.84. The van der Waals surface area contributed by atoms with Crippen molar-refractivity contribution in [1.82, 2.24) is 15.5 Å². The Morgan fingerprint density at radius 2 is 1.98 bits per heavy atom. The van der Waals surface area contributed by atoms with Crippen LogP contribution in [-0.2, 0) is 16.1 Å². The summed E-state index contributed by atoms with van der Waals surface area (Å²) in [6, 6.07) is 8.64. The van der Waals surface area contributed by atoms with E-state index in [1.165, 1.54) is 30.2 Å². The molecule has 0 radical (unpaired) electrons. The van der Waals surface area contributed by atoms with E-state index in [9.17, 15) is 29.3 Å². The first-order valence-corrected chi connectivity index (χ1v) is 13.7. The molecule has 41 heavy (non-hydrogen) atoms. The van der Waals surface area contributed by atoms with Crippen LogP contribution >= 0.6 is 0 Å². The number of nitrogens with one attached hydrogen (secondary N) is 2. The number of carbonyl (C=O) groups is 4. The summed E-state index contributed by atoms with van der Waals surface area (Å²) >= 11 is 0. The van der Waals surface area contributed by atoms with Crippen LogP contribution in [-0.4, -0.2) is 52.6 Å². The fraction of sp³-hybridized carbons (Fsp3) is 0.400. The Labute approximate surface area is 236 Å². The van der Waals surface area contributed by atoms with Crippen LogP contribution in [0, 0.1) is 27.9 Å². The summed E-state index contributed by atoms with van der Waals surface area (Å²) in [7, 11) is 1.32. The Bertz CT molecular complexity index is 1490. The van der Waals surface area contributed by atoms with Gasteiger partial charge in [0.15, 0.2) is 5.75 Å². The Morgan fingerprint density at radius 3 is 2.73 bits per heavy atom. The molecule has 3 atom stereocenters. The molecule has 2 aromatic carbocycles. The molecule has 2 N–H and O–H groups in total. The number of nitro benzene ring substituents is 1. The number of piperidine rings is 1. The number of carbonyl (C=O) groups excluding carboxylic acids is 4. The number of ether oxygens (including phenoxy) is 1. The van der Waals surface area contributed by atoms with Crippen molar-refractivity contribution < 1.29 is 28.8 Å². The second-order valence-electron chi connectivity index (χ2n) is 10.5. The molecule has 3 aliphatic rings. The molecule has 0 bridgehead atoms. The molecule has 0 spiro atoms. The Hall–Kier alpha value is -4.72. The summed E-state index contributed by atoms with van der Waals surface area (Å²) in [6.45, 7) is 0.256. The van der Waals surface area contributed by atoms with Gasteiger partial charge in [0.05, 0.1) is 12.0 Å². The number of fused-ring (bicyclic) bond motifs is 1. The number of imide groups is 1. The fourth-order valence-corrected chi connectivity index (χ4v) is 5.84. The summed E-state index contributed by atoms with van der Waals surface area (Å²) < 4.78 is 5.10. The van der Waals surface area contributed by atoms with Gasteiger partial charge in [0.25, 0.3) is 11.8 Å². The summed E-state index contributed by atoms with van der Waals surface area (Å²) in [4.78, 5) is 62.2. The van der Waals surface area contributed by atoms with Crippen molar-refractivity contribution in [3.63, 3.8) is 0 Å². The predicted octanol–water partition coefficient (Wildman–Crippen LogP) is 3.09. The van der Waals surface area contributed by atoms with Crippen molar-refractivity contribution in [2.45, 2.75) is 63.6 Å². The highest BCUT2D eigenvalue weighted by Crippen LogP contribution is 2.31. The van der Waals surface area contributed by atoms with E-state index in [0.29, 0.717) is 18.4 Å². The molecule has 2 heterocycles. The van der Waals surface area contributed by atoms with Crippen LogP contribution in [0.25, 0.3) is 0 Å². The summed E-state index contributed by atoms with van der Waals surface area (Å²) in [5.41, 5.74) is 2.09. The third-order valence-electron chi connectivity index (χ3n) is 8.03. The van der Waals surface area contributed by atoms with Gasteiger partial charge in [-0.2, -0.15) is 0 Å². The number of methoxy groups -OCH3 is 1. The van der Waals surface area contributed by atoms with Crippen LogP contribution in [0.15, 0.2) is 36.4 Å². The second kappa shape index (κ2) is 11.8. The SMILES string of the molecule is COc1cc(C(=O)N[C@@H]2CCCC[C@@H]2CC#Cc2cccc3c2CN(C2CCC(=O)NC2=O)C3=O)ccc1[N+](=O)[O-]. The highest BCUT2D eigenvalue weighted by Gasteiger charge is 2.39. The van der Waals surface area contributed by atoms with E-state index >= 15 is 0 Å². The zero-order valence-corrected chi connectivity index (χ0v) is 22.6. The topological polar surface area (TPSA) is 148 Å². The third-order valence-corrected chi connectivity index (χ3v) is 8.03. The van der Waals surface area contributed by atoms with Crippen LogP contribution in [0.4, 0.5) is 5.69 Å². The lowest BCUT2D eigenvalue weighted by Gasteiger charge is -2.31. The van der Waals surface area contributed by atoms with Gasteiger partial charge in [-0.25, -0.2) is 0 Å². The molecular formula is C30H30N4O7. The quantitative estimate of drug-likeness (QED) is 0.240. The number of amides is 4. The standard InChI is InChI=1S/C30H30N4O7/c1-41-26-16-20(12-13-24(26)34(39)40)28(36)31-23-11-3-2-6-19(23)9-4-7-18-8-5-10-21-22(18)17-33(30(21)38)25-14-15-27(35)32-29(25)37/h5,8,10,12-13,16,19,23,25H,2-3,6,9,11,14-15,17H2,1H3,(H,31,36)(H,32,35,37)/t19-,23-,25?/m1/s1. The Balaban J connectivity index is 1.27. The van der Waals surface area contributed by atoms with Gasteiger partial charge in [-0.1, -0.05) is 30.7 Å². The van der Waals surface area contributed by atoms with Crippen molar-refractivity contribution in [1.29, 1.82) is 0 Å². The van der Waals surface area contributed by atoms with Gasteiger partial charge in [-0.3, -0.25) is 34.6 Å². The van der Waals surface area contributed by atoms with Gasteiger partial charge in [-0.15, -0.1) is 0 Å². The first-order chi connectivity index (χ1) is 19.8. The van der Waals surface area contributed by atoms with Crippen LogP contribution in [0.3, 0.4) is 0 Å². The largest absolute Gasteiger partial charge is 0.490 e. The molecule has 2 aliphatic heterocycles. The Morgan fingerprint density at radius 1 is 1.17 bits per heavy atom. The van der Waals surface area contributed by atoms with Crippen LogP contribution in [0.2, 0.25) is 0 Å². The molecule has 1 saturated carbocycles. The number of benzene rings is 2. The average molecular weight is 559 g/mol. The minimum absolute atomic E-state index is 0.0266. The van der Waals surface area contributed by atoms with Crippen molar-refractivity contribution in [3.05, 3.63) is 68.8 Å².